The first-order valence-corrected chi connectivity index (χ1v) is 4.70. The van der Waals surface area contributed by atoms with Crippen LogP contribution in [0.1, 0.15) is 12.8 Å². The van der Waals surface area contributed by atoms with E-state index in [2.05, 4.69) is 5.43 Å². The van der Waals surface area contributed by atoms with Crippen LogP contribution < -0.4 is 5.43 Å². The van der Waals surface area contributed by atoms with Crippen molar-refractivity contribution in [2.75, 3.05) is 13.1 Å². The van der Waals surface area contributed by atoms with Gasteiger partial charge in [0.05, 0.1) is 12.5 Å². The second-order valence-corrected chi connectivity index (χ2v) is 3.36. The lowest BCUT2D eigenvalue weighted by Gasteiger charge is -2.31. The Balaban J connectivity index is 2.05. The third kappa shape index (κ3) is 1.44. The number of hydrogen-bond acceptors (Lipinski definition) is 4. The van der Waals surface area contributed by atoms with Crippen molar-refractivity contribution in [2.45, 2.75) is 18.9 Å². The fraction of sp³-hybridized carbons (Fsp3) is 0.556. The predicted molar refractivity (Wildman–Crippen MR) is 49.3 cm³/mol. The second kappa shape index (κ2) is 3.68. The van der Waals surface area contributed by atoms with E-state index in [1.54, 1.807) is 11.1 Å². The van der Waals surface area contributed by atoms with Crippen molar-refractivity contribution in [1.82, 2.24) is 15.3 Å². The van der Waals surface area contributed by atoms with Crippen molar-refractivity contribution in [1.29, 1.82) is 5.26 Å². The number of nitrogens with one attached hydrogen (secondary N) is 1. The standard InChI is InChI=1S/C9H12N4O/c10-3-1-5-12-6-7-13-8(9(12)14)2-4-11-13/h6-8,11H,1-2,4-5H2. The van der Waals surface area contributed by atoms with Gasteiger partial charge in [0, 0.05) is 25.5 Å². The van der Waals surface area contributed by atoms with Crippen LogP contribution in [0.3, 0.4) is 0 Å². The SMILES string of the molecule is N#CCCN1C=CN2NCCC2C1=O. The van der Waals surface area contributed by atoms with Gasteiger partial charge in [-0.3, -0.25) is 4.79 Å². The van der Waals surface area contributed by atoms with Crippen molar-refractivity contribution < 1.29 is 4.79 Å². The molecule has 2 aliphatic rings. The van der Waals surface area contributed by atoms with Gasteiger partial charge in [-0.05, 0) is 6.42 Å². The number of hydrogen-bond donors (Lipinski definition) is 1. The third-order valence-electron chi connectivity index (χ3n) is 2.49. The lowest BCUT2D eigenvalue weighted by molar-refractivity contribution is -0.134. The Bertz CT molecular complexity index is 306. The van der Waals surface area contributed by atoms with E-state index in [0.29, 0.717) is 13.0 Å². The smallest absolute Gasteiger partial charge is 0.250 e. The van der Waals surface area contributed by atoms with E-state index in [1.807, 2.05) is 17.3 Å². The summed E-state index contributed by atoms with van der Waals surface area (Å²) in [6, 6.07) is 1.97. The van der Waals surface area contributed by atoms with E-state index in [-0.39, 0.29) is 11.9 Å². The second-order valence-electron chi connectivity index (χ2n) is 3.36. The van der Waals surface area contributed by atoms with Crippen molar-refractivity contribution in [3.63, 3.8) is 0 Å². The normalized spacial score (nSPS) is 25.1. The average molecular weight is 192 g/mol. The van der Waals surface area contributed by atoms with Crippen LogP contribution in [0.15, 0.2) is 12.4 Å². The molecule has 1 atom stereocenters. The molecule has 0 aromatic rings. The summed E-state index contributed by atoms with van der Waals surface area (Å²) in [6.07, 6.45) is 4.81. The molecule has 2 rings (SSSR count). The van der Waals surface area contributed by atoms with Crippen LogP contribution in [0, 0.1) is 11.3 Å². The lowest BCUT2D eigenvalue weighted by Crippen LogP contribution is -2.48. The van der Waals surface area contributed by atoms with Gasteiger partial charge in [-0.1, -0.05) is 0 Å². The molecule has 0 radical (unpaired) electrons. The van der Waals surface area contributed by atoms with E-state index >= 15 is 0 Å². The first kappa shape index (κ1) is 9.03. The van der Waals surface area contributed by atoms with Crippen LogP contribution in [0.5, 0.6) is 0 Å². The van der Waals surface area contributed by atoms with Gasteiger partial charge in [0.1, 0.15) is 6.04 Å². The number of fused-ring (bicyclic) bond motifs is 1. The molecular weight excluding hydrogens is 180 g/mol. The number of amides is 1. The minimum absolute atomic E-state index is 0.0707. The van der Waals surface area contributed by atoms with E-state index in [1.165, 1.54) is 0 Å². The average Bonchev–Trinajstić information content (AvgIpc) is 2.66. The summed E-state index contributed by atoms with van der Waals surface area (Å²) < 4.78 is 0. The summed E-state index contributed by atoms with van der Waals surface area (Å²) in [5.41, 5.74) is 3.10. The van der Waals surface area contributed by atoms with Gasteiger partial charge in [-0.25, -0.2) is 5.43 Å². The van der Waals surface area contributed by atoms with Crippen molar-refractivity contribution in [3.8, 4) is 6.07 Å². The molecule has 1 saturated heterocycles. The van der Waals surface area contributed by atoms with Crippen LogP contribution in [0.25, 0.3) is 0 Å². The van der Waals surface area contributed by atoms with Gasteiger partial charge in [0.15, 0.2) is 0 Å². The Hall–Kier alpha value is -1.54. The minimum Gasteiger partial charge on any atom is -0.315 e. The van der Waals surface area contributed by atoms with Crippen molar-refractivity contribution in [3.05, 3.63) is 12.4 Å². The van der Waals surface area contributed by atoms with E-state index in [9.17, 15) is 4.79 Å². The fourth-order valence-corrected chi connectivity index (χ4v) is 1.75. The maximum absolute atomic E-state index is 11.8. The zero-order valence-electron chi connectivity index (χ0n) is 7.81. The number of rotatable bonds is 2. The molecule has 0 aromatic carbocycles. The molecule has 0 aromatic heterocycles. The Morgan fingerprint density at radius 1 is 1.64 bits per heavy atom. The third-order valence-corrected chi connectivity index (χ3v) is 2.49. The molecule has 1 amide bonds. The molecule has 1 N–H and O–H groups in total. The van der Waals surface area contributed by atoms with Crippen molar-refractivity contribution >= 4 is 5.91 Å². The maximum atomic E-state index is 11.8. The van der Waals surface area contributed by atoms with E-state index < -0.39 is 0 Å². The van der Waals surface area contributed by atoms with Gasteiger partial charge in [-0.15, -0.1) is 0 Å². The Kier molecular flexibility index (Phi) is 2.37. The molecule has 1 unspecified atom stereocenters. The number of nitrogens with zero attached hydrogens (tertiary/aromatic N) is 3. The molecule has 0 bridgehead atoms. The van der Waals surface area contributed by atoms with Gasteiger partial charge in [-0.2, -0.15) is 5.26 Å². The summed E-state index contributed by atoms with van der Waals surface area (Å²) in [5, 5.41) is 10.3. The van der Waals surface area contributed by atoms with Crippen LogP contribution in [0.4, 0.5) is 0 Å². The topological polar surface area (TPSA) is 59.4 Å². The van der Waals surface area contributed by atoms with Crippen molar-refractivity contribution in [2.24, 2.45) is 0 Å². The summed E-state index contributed by atoms with van der Waals surface area (Å²) in [7, 11) is 0. The Morgan fingerprint density at radius 2 is 2.50 bits per heavy atom. The molecule has 1 fully saturated rings. The lowest BCUT2D eigenvalue weighted by atomic mass is 10.1. The number of carbonyl (C=O) groups excluding carboxylic acids is 1. The highest BCUT2D eigenvalue weighted by atomic mass is 16.2. The molecule has 14 heavy (non-hydrogen) atoms. The molecule has 0 spiro atoms. The highest BCUT2D eigenvalue weighted by Crippen LogP contribution is 2.17. The Labute approximate surface area is 82.6 Å². The minimum atomic E-state index is -0.0707. The maximum Gasteiger partial charge on any atom is 0.250 e. The Morgan fingerprint density at radius 3 is 3.29 bits per heavy atom. The molecule has 2 aliphatic heterocycles. The van der Waals surface area contributed by atoms with Crippen LogP contribution in [-0.4, -0.2) is 34.9 Å². The molecule has 0 saturated carbocycles. The molecule has 5 heteroatoms. The number of hydrazine groups is 1. The zero-order chi connectivity index (χ0) is 9.97. The van der Waals surface area contributed by atoms with Crippen LogP contribution in [0.2, 0.25) is 0 Å². The van der Waals surface area contributed by atoms with Crippen LogP contribution >= 0.6 is 0 Å². The van der Waals surface area contributed by atoms with Gasteiger partial charge in [0.25, 0.3) is 5.91 Å². The van der Waals surface area contributed by atoms with E-state index in [4.69, 9.17) is 5.26 Å². The van der Waals surface area contributed by atoms with Gasteiger partial charge < -0.3 is 9.91 Å². The summed E-state index contributed by atoms with van der Waals surface area (Å²) in [5.74, 6) is 0.0905. The predicted octanol–water partition coefficient (Wildman–Crippen LogP) is -0.208. The molecule has 74 valence electrons. The quantitative estimate of drug-likeness (QED) is 0.657. The highest BCUT2D eigenvalue weighted by Gasteiger charge is 2.34. The van der Waals surface area contributed by atoms with Crippen LogP contribution in [-0.2, 0) is 4.79 Å². The molecular formula is C9H12N4O. The molecule has 5 nitrogen and oxygen atoms in total. The summed E-state index contributed by atoms with van der Waals surface area (Å²) in [4.78, 5) is 13.4. The number of carbonyl (C=O) groups is 1. The largest absolute Gasteiger partial charge is 0.315 e. The fourth-order valence-electron chi connectivity index (χ4n) is 1.75. The first-order chi connectivity index (χ1) is 6.83. The monoisotopic (exact) mass is 192 g/mol. The molecule has 2 heterocycles. The zero-order valence-corrected chi connectivity index (χ0v) is 7.81. The molecule has 0 aliphatic carbocycles. The number of nitriles is 1. The van der Waals surface area contributed by atoms with Gasteiger partial charge >= 0.3 is 0 Å². The summed E-state index contributed by atoms with van der Waals surface area (Å²) in [6.45, 7) is 1.34. The summed E-state index contributed by atoms with van der Waals surface area (Å²) >= 11 is 0. The first-order valence-electron chi connectivity index (χ1n) is 4.70. The van der Waals surface area contributed by atoms with E-state index in [0.717, 1.165) is 13.0 Å². The van der Waals surface area contributed by atoms with Gasteiger partial charge in [0.2, 0.25) is 0 Å². The highest BCUT2D eigenvalue weighted by molar-refractivity contribution is 5.84.